The fourth-order valence-corrected chi connectivity index (χ4v) is 15.1. The highest BCUT2D eigenvalue weighted by atomic mass is 14.9. The molecular weight excluding hydrogens is 1020 g/mol. The van der Waals surface area contributed by atoms with Gasteiger partial charge in [0.2, 0.25) is 0 Å². The Labute approximate surface area is 480 Å². The lowest BCUT2D eigenvalue weighted by atomic mass is 10.0. The number of aromatic nitrogens is 4. The summed E-state index contributed by atoms with van der Waals surface area (Å²) < 4.78 is 9.71. The molecule has 0 radical (unpaired) electrons. The summed E-state index contributed by atoms with van der Waals surface area (Å²) in [6, 6.07) is 105. The lowest BCUT2D eigenvalue weighted by Gasteiger charge is -2.05. The summed E-state index contributed by atoms with van der Waals surface area (Å²) in [4.78, 5) is 0. The summed E-state index contributed by atoms with van der Waals surface area (Å²) in [5.41, 5.74) is 15.9. The Morgan fingerprint density at radius 1 is 0.119 bits per heavy atom. The van der Waals surface area contributed by atoms with Gasteiger partial charge in [0.1, 0.15) is 0 Å². The monoisotopic (exact) mass is 1060 g/mol. The maximum atomic E-state index is 2.51. The predicted octanol–water partition coefficient (Wildman–Crippen LogP) is 21.7. The second-order valence-electron chi connectivity index (χ2n) is 22.6. The zero-order chi connectivity index (χ0) is 54.7. The van der Waals surface area contributed by atoms with Gasteiger partial charge in [-0.25, -0.2) is 0 Å². The first-order chi connectivity index (χ1) is 41.8. The molecule has 0 N–H and O–H groups in total. The van der Waals surface area contributed by atoms with E-state index in [9.17, 15) is 0 Å². The molecule has 4 nitrogen and oxygen atoms in total. The number of para-hydroxylation sites is 10. The van der Waals surface area contributed by atoms with Gasteiger partial charge in [-0.2, -0.15) is 0 Å². The average molecular weight is 1070 g/mol. The smallest absolute Gasteiger partial charge is 0.0621 e. The first-order valence-electron chi connectivity index (χ1n) is 29.1. The van der Waals surface area contributed by atoms with E-state index in [0.29, 0.717) is 0 Å². The van der Waals surface area contributed by atoms with Gasteiger partial charge in [0.25, 0.3) is 0 Å². The normalized spacial score (nSPS) is 12.3. The van der Waals surface area contributed by atoms with Crippen molar-refractivity contribution in [2.75, 3.05) is 0 Å². The molecule has 22 aromatic rings. The highest BCUT2D eigenvalue weighted by Gasteiger charge is 2.22. The molecule has 0 saturated carbocycles. The van der Waals surface area contributed by atoms with Crippen LogP contribution in [-0.2, 0) is 0 Å². The second kappa shape index (κ2) is 17.2. The Kier molecular flexibility index (Phi) is 9.30. The zero-order valence-corrected chi connectivity index (χ0v) is 45.5. The first-order valence-corrected chi connectivity index (χ1v) is 29.1. The van der Waals surface area contributed by atoms with E-state index in [-0.39, 0.29) is 0 Å². The lowest BCUT2D eigenvalue weighted by Crippen LogP contribution is -1.84. The van der Waals surface area contributed by atoms with Crippen LogP contribution in [0.1, 0.15) is 0 Å². The molecule has 0 amide bonds. The predicted molar refractivity (Wildman–Crippen MR) is 359 cm³/mol. The van der Waals surface area contributed by atoms with E-state index in [1.165, 1.54) is 174 Å². The molecular formula is C80H48N4. The van der Waals surface area contributed by atoms with Gasteiger partial charge in [-0.3, -0.25) is 0 Å². The minimum Gasteiger partial charge on any atom is -0.308 e. The minimum absolute atomic E-state index is 1.29. The fraction of sp³-hybridized carbons (Fsp3) is 0. The molecule has 0 saturated heterocycles. The van der Waals surface area contributed by atoms with Crippen LogP contribution in [0.3, 0.4) is 0 Å². The molecule has 0 spiro atoms. The summed E-state index contributed by atoms with van der Waals surface area (Å²) in [6.07, 6.45) is 0. The maximum absolute atomic E-state index is 2.51. The molecule has 0 aliphatic heterocycles. The van der Waals surface area contributed by atoms with Crippen LogP contribution < -0.4 is 0 Å². The van der Waals surface area contributed by atoms with E-state index >= 15 is 0 Å². The maximum Gasteiger partial charge on any atom is 0.0621 e. The molecule has 0 atom stereocenters. The Hall–Kier alpha value is -11.2. The molecule has 8 aromatic heterocycles. The summed E-state index contributed by atoms with van der Waals surface area (Å²) in [5, 5.41) is 26.7. The van der Waals surface area contributed by atoms with Gasteiger partial charge >= 0.3 is 0 Å². The number of hydrogen-bond acceptors (Lipinski definition) is 0. The highest BCUT2D eigenvalue weighted by Crippen LogP contribution is 2.45. The van der Waals surface area contributed by atoms with Gasteiger partial charge in [-0.05, 0) is 47.2 Å². The van der Waals surface area contributed by atoms with Crippen LogP contribution in [0.5, 0.6) is 0 Å². The molecule has 0 aliphatic rings. The van der Waals surface area contributed by atoms with E-state index in [0.717, 1.165) is 0 Å². The number of rotatable bonds is 0. The second-order valence-corrected chi connectivity index (χ2v) is 22.6. The van der Waals surface area contributed by atoms with Gasteiger partial charge in [0, 0.05) is 97.0 Å². The van der Waals surface area contributed by atoms with Crippen LogP contribution in [0, 0.1) is 0 Å². The van der Waals surface area contributed by atoms with E-state index in [1.54, 1.807) is 0 Å². The quantitative estimate of drug-likeness (QED) is 0.144. The van der Waals surface area contributed by atoms with Crippen molar-refractivity contribution in [3.05, 3.63) is 291 Å². The van der Waals surface area contributed by atoms with Crippen LogP contribution in [-0.4, -0.2) is 17.6 Å². The van der Waals surface area contributed by atoms with E-state index < -0.39 is 0 Å². The molecule has 0 fully saturated rings. The Bertz CT molecular complexity index is 5590. The van der Waals surface area contributed by atoms with Crippen LogP contribution in [0.15, 0.2) is 291 Å². The average Bonchev–Trinajstić information content (AvgIpc) is 2.26. The zero-order valence-electron chi connectivity index (χ0n) is 45.5. The number of hydrogen-bond donors (Lipinski definition) is 0. The molecule has 388 valence electrons. The largest absolute Gasteiger partial charge is 0.308 e. The molecule has 4 heteroatoms. The summed E-state index contributed by atoms with van der Waals surface area (Å²) in [6.45, 7) is 0. The molecule has 84 heavy (non-hydrogen) atoms. The van der Waals surface area contributed by atoms with Gasteiger partial charge in [-0.1, -0.05) is 255 Å². The van der Waals surface area contributed by atoms with Crippen LogP contribution >= 0.6 is 0 Å². The lowest BCUT2D eigenvalue weighted by molar-refractivity contribution is 1.37. The van der Waals surface area contributed by atoms with Gasteiger partial charge in [0.05, 0.1) is 66.2 Å². The van der Waals surface area contributed by atoms with E-state index in [1.807, 2.05) is 0 Å². The molecule has 0 unspecified atom stereocenters. The SMILES string of the molecule is c1ccc2c(c1)c1cccc3c4ccccc4n2c13.c1ccc2c(c1)c1cccc3c4ccccc4n2c13.c1ccc2c(c1)c1cccc3c4ccccc4n2c13.c1ccc2c(c1)ccc1c3cccc4c5ccc6ccccc6c5n(c21)c34. The van der Waals surface area contributed by atoms with Crippen molar-refractivity contribution in [1.82, 2.24) is 17.6 Å². The number of fused-ring (bicyclic) bond motifs is 28. The molecule has 8 heterocycles. The molecule has 0 bridgehead atoms. The standard InChI is InChI=1S/C26H15N.3C18H11N/c1-3-8-18-16(6-1)12-14-22-20-10-5-11-21-23-15-13-17-7-2-4-9-19(17)25(23)27(24(18)22)26(20)21;3*1-3-10-16-12(6-1)14-8-5-9-15-13-7-2-4-11-17(13)19(16)18(14)15/h1-15H;3*1-11H. The van der Waals surface area contributed by atoms with Gasteiger partial charge in [-0.15, -0.1) is 0 Å². The van der Waals surface area contributed by atoms with Crippen molar-refractivity contribution in [1.29, 1.82) is 0 Å². The van der Waals surface area contributed by atoms with Crippen molar-refractivity contribution < 1.29 is 0 Å². The fourth-order valence-electron chi connectivity index (χ4n) is 15.1. The Morgan fingerprint density at radius 3 is 0.571 bits per heavy atom. The molecule has 22 rings (SSSR count). The Morgan fingerprint density at radius 2 is 0.298 bits per heavy atom. The number of benzene rings is 14. The van der Waals surface area contributed by atoms with Crippen molar-refractivity contribution in [2.45, 2.75) is 0 Å². The Balaban J connectivity index is 0.0000000837. The summed E-state index contributed by atoms with van der Waals surface area (Å²) >= 11 is 0. The molecule has 0 aliphatic carbocycles. The third-order valence-corrected chi connectivity index (χ3v) is 18.5. The van der Waals surface area contributed by atoms with Crippen LogP contribution in [0.4, 0.5) is 0 Å². The summed E-state index contributed by atoms with van der Waals surface area (Å²) in [7, 11) is 0. The third-order valence-electron chi connectivity index (χ3n) is 18.5. The van der Waals surface area contributed by atoms with E-state index in [4.69, 9.17) is 0 Å². The van der Waals surface area contributed by atoms with Crippen molar-refractivity contribution in [3.63, 3.8) is 0 Å². The first kappa shape index (κ1) is 45.5. The van der Waals surface area contributed by atoms with Crippen molar-refractivity contribution in [2.24, 2.45) is 0 Å². The van der Waals surface area contributed by atoms with Gasteiger partial charge in [0.15, 0.2) is 0 Å². The summed E-state index contributed by atoms with van der Waals surface area (Å²) in [5.74, 6) is 0. The van der Waals surface area contributed by atoms with Crippen molar-refractivity contribution in [3.8, 4) is 0 Å². The highest BCUT2D eigenvalue weighted by molar-refractivity contribution is 6.31. The van der Waals surface area contributed by atoms with Crippen LogP contribution in [0.2, 0.25) is 0 Å². The number of nitrogens with zero attached hydrogens (tertiary/aromatic N) is 4. The van der Waals surface area contributed by atoms with Crippen LogP contribution in [0.25, 0.3) is 174 Å². The van der Waals surface area contributed by atoms with E-state index in [2.05, 4.69) is 309 Å². The topological polar surface area (TPSA) is 17.6 Å². The van der Waals surface area contributed by atoms with Gasteiger partial charge < -0.3 is 17.6 Å². The minimum atomic E-state index is 1.29. The molecule has 14 aromatic carbocycles. The third kappa shape index (κ3) is 6.05. The van der Waals surface area contributed by atoms with Crippen molar-refractivity contribution >= 4 is 174 Å².